The summed E-state index contributed by atoms with van der Waals surface area (Å²) in [6, 6.07) is 6.05. The number of hydrogen-bond acceptors (Lipinski definition) is 4. The van der Waals surface area contributed by atoms with Gasteiger partial charge in [0.1, 0.15) is 11.8 Å². The summed E-state index contributed by atoms with van der Waals surface area (Å²) in [4.78, 5) is 6.20. The molecule has 1 fully saturated rings. The zero-order valence-corrected chi connectivity index (χ0v) is 9.13. The normalized spacial score (nSPS) is 20.9. The first-order valence-electron chi connectivity index (χ1n) is 5.53. The highest BCUT2D eigenvalue weighted by Gasteiger charge is 2.23. The number of rotatable bonds is 3. The van der Waals surface area contributed by atoms with E-state index >= 15 is 0 Å². The van der Waals surface area contributed by atoms with E-state index in [1.807, 2.05) is 18.2 Å². The molecule has 4 nitrogen and oxygen atoms in total. The van der Waals surface area contributed by atoms with E-state index in [4.69, 9.17) is 5.26 Å². The van der Waals surface area contributed by atoms with Gasteiger partial charge in [-0.25, -0.2) is 4.98 Å². The number of hydrogen-bond donors (Lipinski definition) is 1. The topological polar surface area (TPSA) is 60.2 Å². The van der Waals surface area contributed by atoms with Crippen molar-refractivity contribution in [2.45, 2.75) is 25.4 Å². The van der Waals surface area contributed by atoms with E-state index < -0.39 is 0 Å². The summed E-state index contributed by atoms with van der Waals surface area (Å²) in [5.41, 5.74) is 1.55. The minimum Gasteiger partial charge on any atom is -0.395 e. The van der Waals surface area contributed by atoms with Gasteiger partial charge >= 0.3 is 0 Å². The summed E-state index contributed by atoms with van der Waals surface area (Å²) in [6.45, 7) is 2.04. The molecule has 1 atom stereocenters. The second-order valence-electron chi connectivity index (χ2n) is 4.11. The van der Waals surface area contributed by atoms with Crippen LogP contribution in [-0.2, 0) is 6.54 Å². The Kier molecular flexibility index (Phi) is 3.50. The molecule has 2 rings (SSSR count). The molecular weight excluding hydrogens is 202 g/mol. The van der Waals surface area contributed by atoms with Crippen molar-refractivity contribution in [1.82, 2.24) is 9.88 Å². The third-order valence-corrected chi connectivity index (χ3v) is 3.03. The van der Waals surface area contributed by atoms with Crippen molar-refractivity contribution in [2.24, 2.45) is 0 Å². The third-order valence-electron chi connectivity index (χ3n) is 3.03. The molecular formula is C12H15N3O. The lowest BCUT2D eigenvalue weighted by Gasteiger charge is -2.22. The number of nitrogens with zero attached hydrogens (tertiary/aromatic N) is 3. The van der Waals surface area contributed by atoms with Gasteiger partial charge in [0.2, 0.25) is 0 Å². The molecule has 0 saturated carbocycles. The highest BCUT2D eigenvalue weighted by molar-refractivity contribution is 5.25. The molecule has 0 unspecified atom stereocenters. The summed E-state index contributed by atoms with van der Waals surface area (Å²) in [6.07, 6.45) is 3.87. The molecule has 1 N–H and O–H groups in total. The van der Waals surface area contributed by atoms with Crippen molar-refractivity contribution in [3.63, 3.8) is 0 Å². The van der Waals surface area contributed by atoms with Gasteiger partial charge in [-0.2, -0.15) is 5.26 Å². The van der Waals surface area contributed by atoms with E-state index in [-0.39, 0.29) is 12.6 Å². The lowest BCUT2D eigenvalue weighted by molar-refractivity contribution is 0.153. The van der Waals surface area contributed by atoms with E-state index in [0.717, 1.165) is 31.5 Å². The predicted octanol–water partition coefficient (Wildman–Crippen LogP) is 0.910. The molecule has 1 aromatic heterocycles. The Hall–Kier alpha value is -1.44. The van der Waals surface area contributed by atoms with Crippen LogP contribution in [0, 0.1) is 11.3 Å². The predicted molar refractivity (Wildman–Crippen MR) is 59.5 cm³/mol. The number of nitriles is 1. The molecule has 2 heterocycles. The Morgan fingerprint density at radius 2 is 2.50 bits per heavy atom. The largest absolute Gasteiger partial charge is 0.395 e. The van der Waals surface area contributed by atoms with Gasteiger partial charge in [0.05, 0.1) is 6.61 Å². The first-order valence-corrected chi connectivity index (χ1v) is 5.53. The lowest BCUT2D eigenvalue weighted by atomic mass is 10.2. The molecule has 0 aromatic carbocycles. The van der Waals surface area contributed by atoms with Crippen LogP contribution in [0.5, 0.6) is 0 Å². The van der Waals surface area contributed by atoms with Gasteiger partial charge in [0.25, 0.3) is 0 Å². The van der Waals surface area contributed by atoms with Crippen LogP contribution in [0.3, 0.4) is 0 Å². The smallest absolute Gasteiger partial charge is 0.140 e. The van der Waals surface area contributed by atoms with Crippen LogP contribution in [0.2, 0.25) is 0 Å². The fourth-order valence-corrected chi connectivity index (χ4v) is 2.18. The second-order valence-corrected chi connectivity index (χ2v) is 4.11. The minimum absolute atomic E-state index is 0.218. The van der Waals surface area contributed by atoms with E-state index in [9.17, 15) is 5.11 Å². The average Bonchev–Trinajstić information content (AvgIpc) is 2.76. The number of likely N-dealkylation sites (tertiary alicyclic amines) is 1. The molecule has 1 aliphatic rings. The van der Waals surface area contributed by atoms with Gasteiger partial charge in [-0.3, -0.25) is 4.90 Å². The van der Waals surface area contributed by atoms with Crippen LogP contribution >= 0.6 is 0 Å². The summed E-state index contributed by atoms with van der Waals surface area (Å²) < 4.78 is 0. The van der Waals surface area contributed by atoms with Crippen molar-refractivity contribution in [1.29, 1.82) is 5.26 Å². The van der Waals surface area contributed by atoms with Crippen molar-refractivity contribution in [3.05, 3.63) is 29.6 Å². The van der Waals surface area contributed by atoms with Crippen LogP contribution in [0.1, 0.15) is 24.1 Å². The van der Waals surface area contributed by atoms with Gasteiger partial charge in [-0.15, -0.1) is 0 Å². The molecule has 1 aromatic rings. The Morgan fingerprint density at radius 1 is 1.62 bits per heavy atom. The Bertz CT molecular complexity index is 399. The maximum Gasteiger partial charge on any atom is 0.140 e. The van der Waals surface area contributed by atoms with Gasteiger partial charge in [-0.05, 0) is 37.1 Å². The van der Waals surface area contributed by atoms with Crippen molar-refractivity contribution < 1.29 is 5.11 Å². The third kappa shape index (κ3) is 2.38. The lowest BCUT2D eigenvalue weighted by Crippen LogP contribution is -2.31. The zero-order chi connectivity index (χ0) is 11.4. The number of aliphatic hydroxyl groups excluding tert-OH is 1. The van der Waals surface area contributed by atoms with Gasteiger partial charge < -0.3 is 5.11 Å². The molecule has 0 bridgehead atoms. The molecule has 0 spiro atoms. The summed E-state index contributed by atoms with van der Waals surface area (Å²) in [7, 11) is 0. The SMILES string of the molecule is N#Cc1cc(CN2CCC[C@H]2CO)ccn1. The number of aliphatic hydroxyl groups is 1. The van der Waals surface area contributed by atoms with E-state index in [1.165, 1.54) is 0 Å². The average molecular weight is 217 g/mol. The maximum absolute atomic E-state index is 9.21. The second kappa shape index (κ2) is 5.06. The summed E-state index contributed by atoms with van der Waals surface area (Å²) in [5, 5.41) is 18.0. The summed E-state index contributed by atoms with van der Waals surface area (Å²) >= 11 is 0. The van der Waals surface area contributed by atoms with Crippen LogP contribution < -0.4 is 0 Å². The molecule has 0 amide bonds. The number of aromatic nitrogens is 1. The highest BCUT2D eigenvalue weighted by Crippen LogP contribution is 2.19. The summed E-state index contributed by atoms with van der Waals surface area (Å²) in [5.74, 6) is 0. The Labute approximate surface area is 95.1 Å². The van der Waals surface area contributed by atoms with E-state index in [0.29, 0.717) is 5.69 Å². The monoisotopic (exact) mass is 217 g/mol. The van der Waals surface area contributed by atoms with E-state index in [1.54, 1.807) is 6.20 Å². The fraction of sp³-hybridized carbons (Fsp3) is 0.500. The van der Waals surface area contributed by atoms with Crippen molar-refractivity contribution >= 4 is 0 Å². The molecule has 0 aliphatic carbocycles. The van der Waals surface area contributed by atoms with Crippen LogP contribution in [-0.4, -0.2) is 34.2 Å². The van der Waals surface area contributed by atoms with Crippen LogP contribution in [0.4, 0.5) is 0 Å². The Morgan fingerprint density at radius 3 is 3.25 bits per heavy atom. The van der Waals surface area contributed by atoms with Gasteiger partial charge in [-0.1, -0.05) is 0 Å². The quantitative estimate of drug-likeness (QED) is 0.817. The maximum atomic E-state index is 9.21. The standard InChI is InChI=1S/C12H15N3O/c13-7-11-6-10(3-4-14-11)8-15-5-1-2-12(15)9-16/h3-4,6,12,16H,1-2,5,8-9H2/t12-/m0/s1. The molecule has 1 saturated heterocycles. The minimum atomic E-state index is 0.218. The fourth-order valence-electron chi connectivity index (χ4n) is 2.18. The molecule has 16 heavy (non-hydrogen) atoms. The molecule has 4 heteroatoms. The highest BCUT2D eigenvalue weighted by atomic mass is 16.3. The van der Waals surface area contributed by atoms with Crippen molar-refractivity contribution in [3.8, 4) is 6.07 Å². The van der Waals surface area contributed by atoms with Gasteiger partial charge in [0, 0.05) is 18.8 Å². The first-order chi connectivity index (χ1) is 7.83. The van der Waals surface area contributed by atoms with Crippen molar-refractivity contribution in [2.75, 3.05) is 13.2 Å². The van der Waals surface area contributed by atoms with Gasteiger partial charge in [0.15, 0.2) is 0 Å². The van der Waals surface area contributed by atoms with E-state index in [2.05, 4.69) is 9.88 Å². The molecule has 1 aliphatic heterocycles. The zero-order valence-electron chi connectivity index (χ0n) is 9.13. The molecule has 0 radical (unpaired) electrons. The Balaban J connectivity index is 2.06. The van der Waals surface area contributed by atoms with Crippen LogP contribution in [0.25, 0.3) is 0 Å². The number of pyridine rings is 1. The molecule has 84 valence electrons. The first kappa shape index (κ1) is 11.1. The van der Waals surface area contributed by atoms with Crippen LogP contribution in [0.15, 0.2) is 18.3 Å².